The van der Waals surface area contributed by atoms with Crippen LogP contribution in [0, 0.1) is 11.8 Å². The molecule has 0 saturated heterocycles. The van der Waals surface area contributed by atoms with Gasteiger partial charge in [0.1, 0.15) is 5.84 Å². The summed E-state index contributed by atoms with van der Waals surface area (Å²) in [5.41, 5.74) is 1.73. The summed E-state index contributed by atoms with van der Waals surface area (Å²) < 4.78 is 29.0. The predicted molar refractivity (Wildman–Crippen MR) is 128 cm³/mol. The third-order valence-corrected chi connectivity index (χ3v) is 9.67. The Kier molecular flexibility index (Phi) is 6.14. The van der Waals surface area contributed by atoms with Gasteiger partial charge in [0.25, 0.3) is 0 Å². The Morgan fingerprint density at radius 2 is 2.16 bits per heavy atom. The van der Waals surface area contributed by atoms with E-state index in [1.807, 2.05) is 19.3 Å². The summed E-state index contributed by atoms with van der Waals surface area (Å²) in [4.78, 5) is 14.3. The van der Waals surface area contributed by atoms with E-state index in [0.717, 1.165) is 74.4 Å². The number of nitrogens with zero attached hydrogens (tertiary/aromatic N) is 3. The van der Waals surface area contributed by atoms with E-state index < -0.39 is 14.8 Å². The molecule has 2 fully saturated rings. The molecule has 1 aromatic heterocycles. The van der Waals surface area contributed by atoms with Crippen LogP contribution in [-0.2, 0) is 10.0 Å². The first-order chi connectivity index (χ1) is 14.9. The number of sulfonamides is 1. The minimum atomic E-state index is -3.31. The van der Waals surface area contributed by atoms with Crippen molar-refractivity contribution in [3.05, 3.63) is 24.5 Å². The Bertz CT molecular complexity index is 989. The zero-order chi connectivity index (χ0) is 22.2. The number of hydrogen-bond acceptors (Lipinski definition) is 4. The van der Waals surface area contributed by atoms with E-state index in [1.165, 1.54) is 0 Å². The lowest BCUT2D eigenvalue weighted by atomic mass is 9.91. The molecule has 0 spiro atoms. The van der Waals surface area contributed by atoms with Crippen LogP contribution in [0.25, 0.3) is 0 Å². The van der Waals surface area contributed by atoms with Crippen molar-refractivity contribution in [1.82, 2.24) is 9.71 Å². The van der Waals surface area contributed by atoms with Gasteiger partial charge in [0.15, 0.2) is 5.82 Å². The maximum atomic E-state index is 13.2. The van der Waals surface area contributed by atoms with E-state index in [1.54, 1.807) is 6.21 Å². The predicted octanol–water partition coefficient (Wildman–Crippen LogP) is 4.53. The van der Waals surface area contributed by atoms with Crippen LogP contribution in [0.15, 0.2) is 34.5 Å². The molecule has 170 valence electrons. The molecule has 3 aliphatic rings. The summed E-state index contributed by atoms with van der Waals surface area (Å²) in [6.45, 7) is 8.48. The molecule has 0 bridgehead atoms. The number of H-pyrrole nitrogens is 1. The molecule has 0 radical (unpaired) electrons. The molecule has 31 heavy (non-hydrogen) atoms. The second kappa shape index (κ2) is 8.54. The molecule has 3 atom stereocenters. The Morgan fingerprint density at radius 3 is 2.81 bits per heavy atom. The van der Waals surface area contributed by atoms with E-state index in [0.29, 0.717) is 5.92 Å². The average molecular weight is 446 g/mol. The second-order valence-electron chi connectivity index (χ2n) is 9.23. The lowest BCUT2D eigenvalue weighted by molar-refractivity contribution is 0.458. The number of anilines is 1. The van der Waals surface area contributed by atoms with E-state index >= 15 is 0 Å². The first kappa shape index (κ1) is 22.3. The van der Waals surface area contributed by atoms with Gasteiger partial charge in [0.05, 0.1) is 22.3 Å². The average Bonchev–Trinajstić information content (AvgIpc) is 3.23. The molecule has 0 aromatic carbocycles. The summed E-state index contributed by atoms with van der Waals surface area (Å²) in [7, 11) is -1.50. The summed E-state index contributed by atoms with van der Waals surface area (Å²) in [6, 6.07) is 1.94. The molecule has 7 nitrogen and oxygen atoms in total. The van der Waals surface area contributed by atoms with Gasteiger partial charge in [0.2, 0.25) is 10.0 Å². The zero-order valence-electron chi connectivity index (χ0n) is 18.9. The van der Waals surface area contributed by atoms with Gasteiger partial charge in [0, 0.05) is 25.2 Å². The maximum Gasteiger partial charge on any atom is 0.217 e. The fourth-order valence-electron chi connectivity index (χ4n) is 5.31. The van der Waals surface area contributed by atoms with Crippen LogP contribution in [-0.4, -0.2) is 43.3 Å². The molecule has 2 saturated carbocycles. The van der Waals surface area contributed by atoms with Crippen LogP contribution in [0.1, 0.15) is 65.2 Å². The van der Waals surface area contributed by atoms with Gasteiger partial charge in [-0.25, -0.2) is 18.1 Å². The number of amidine groups is 1. The number of aromatic amines is 1. The zero-order valence-corrected chi connectivity index (χ0v) is 19.7. The Morgan fingerprint density at radius 1 is 1.39 bits per heavy atom. The number of unbranched alkanes of at least 4 members (excludes halogenated alkanes) is 1. The topological polar surface area (TPSA) is 89.9 Å². The molecule has 2 heterocycles. The molecule has 2 N–H and O–H groups in total. The smallest absolute Gasteiger partial charge is 0.217 e. The van der Waals surface area contributed by atoms with Crippen LogP contribution in [0.4, 0.5) is 11.5 Å². The quantitative estimate of drug-likeness (QED) is 0.455. The highest BCUT2D eigenvalue weighted by atomic mass is 32.2. The van der Waals surface area contributed by atoms with Gasteiger partial charge in [-0.1, -0.05) is 39.7 Å². The van der Waals surface area contributed by atoms with Gasteiger partial charge in [-0.15, -0.1) is 0 Å². The lowest BCUT2D eigenvalue weighted by Crippen LogP contribution is -2.42. The lowest BCUT2D eigenvalue weighted by Gasteiger charge is -2.33. The van der Waals surface area contributed by atoms with Crippen molar-refractivity contribution in [2.75, 3.05) is 11.9 Å². The van der Waals surface area contributed by atoms with Crippen LogP contribution >= 0.6 is 0 Å². The number of nitrogens with one attached hydrogen (secondary N) is 2. The van der Waals surface area contributed by atoms with Gasteiger partial charge >= 0.3 is 0 Å². The number of hydrogen-bond donors (Lipinski definition) is 2. The van der Waals surface area contributed by atoms with Crippen molar-refractivity contribution in [1.29, 1.82) is 0 Å². The van der Waals surface area contributed by atoms with E-state index in [-0.39, 0.29) is 12.0 Å². The number of allylic oxidation sites excluding steroid dienone is 1. The molecular weight excluding hydrogens is 410 g/mol. The Labute approximate surface area is 186 Å². The molecule has 0 unspecified atom stereocenters. The highest BCUT2D eigenvalue weighted by molar-refractivity contribution is 7.91. The molecule has 2 aliphatic carbocycles. The first-order valence-electron chi connectivity index (χ1n) is 11.5. The summed E-state index contributed by atoms with van der Waals surface area (Å²) in [5.74, 6) is 2.27. The van der Waals surface area contributed by atoms with Gasteiger partial charge in [-0.3, -0.25) is 9.89 Å². The van der Waals surface area contributed by atoms with Crippen LogP contribution < -0.4 is 9.62 Å². The Hall–Kier alpha value is -1.93. The van der Waals surface area contributed by atoms with Crippen molar-refractivity contribution >= 4 is 33.6 Å². The third-order valence-electron chi connectivity index (χ3n) is 7.27. The van der Waals surface area contributed by atoms with Gasteiger partial charge in [-0.05, 0) is 44.1 Å². The van der Waals surface area contributed by atoms with Crippen molar-refractivity contribution in [2.24, 2.45) is 21.8 Å². The molecule has 0 amide bonds. The van der Waals surface area contributed by atoms with Crippen LogP contribution in [0.3, 0.4) is 0 Å². The SMILES string of the molecule is C=C1C=Nc2[nH]ccc2N1C(=NC)[C@H]1C[C@@H](NS(=O)(=O)C2(CCCC)CC2)C[C@H]1CC. The molecule has 8 heteroatoms. The van der Waals surface area contributed by atoms with E-state index in [9.17, 15) is 8.42 Å². The molecule has 1 aliphatic heterocycles. The minimum absolute atomic E-state index is 0.0479. The maximum absolute atomic E-state index is 13.2. The Balaban J connectivity index is 1.53. The fourth-order valence-corrected chi connectivity index (χ4v) is 7.25. The summed E-state index contributed by atoms with van der Waals surface area (Å²) >= 11 is 0. The third kappa shape index (κ3) is 4.00. The first-order valence-corrected chi connectivity index (χ1v) is 13.0. The normalized spacial score (nSPS) is 27.6. The monoisotopic (exact) mass is 445 g/mol. The minimum Gasteiger partial charge on any atom is -0.345 e. The second-order valence-corrected chi connectivity index (χ2v) is 11.3. The highest BCUT2D eigenvalue weighted by Crippen LogP contribution is 2.48. The van der Waals surface area contributed by atoms with Crippen LogP contribution in [0.5, 0.6) is 0 Å². The van der Waals surface area contributed by atoms with E-state index in [4.69, 9.17) is 0 Å². The van der Waals surface area contributed by atoms with Crippen molar-refractivity contribution in [3.8, 4) is 0 Å². The number of rotatable bonds is 8. The van der Waals surface area contributed by atoms with Crippen LogP contribution in [0.2, 0.25) is 0 Å². The highest BCUT2D eigenvalue weighted by Gasteiger charge is 2.54. The largest absolute Gasteiger partial charge is 0.345 e. The number of aliphatic imine (C=N–C) groups is 2. The molecule has 1 aromatic rings. The van der Waals surface area contributed by atoms with E-state index in [2.05, 4.69) is 45.0 Å². The summed E-state index contributed by atoms with van der Waals surface area (Å²) in [5, 5.41) is 0. The van der Waals surface area contributed by atoms with Gasteiger partial charge in [-0.2, -0.15) is 0 Å². The summed E-state index contributed by atoms with van der Waals surface area (Å²) in [6.07, 6.45) is 10.6. The molecule has 4 rings (SSSR count). The van der Waals surface area contributed by atoms with Crippen molar-refractivity contribution < 1.29 is 8.42 Å². The number of aromatic nitrogens is 1. The number of fused-ring (bicyclic) bond motifs is 1. The fraction of sp³-hybridized carbons (Fsp3) is 0.652. The van der Waals surface area contributed by atoms with Crippen molar-refractivity contribution in [3.63, 3.8) is 0 Å². The standard InChI is InChI=1S/C23H35N5O2S/c1-5-7-9-23(10-11-23)31(29,30)27-18-13-17(6-2)19(14-18)22(24-4)28-16(3)15-26-21-20(28)8-12-25-21/h8,12,15,17-19,25,27H,3,5-7,9-11,13-14H2,1-2,4H3/t17-,18+,19+/m1/s1. The van der Waals surface area contributed by atoms with Crippen molar-refractivity contribution in [2.45, 2.75) is 76.0 Å². The van der Waals surface area contributed by atoms with Gasteiger partial charge < -0.3 is 4.98 Å². The molecular formula is C23H35N5O2S.